The summed E-state index contributed by atoms with van der Waals surface area (Å²) in [6, 6.07) is 3.61. The summed E-state index contributed by atoms with van der Waals surface area (Å²) >= 11 is 0. The zero-order valence-corrected chi connectivity index (χ0v) is 11.6. The average molecular weight is 265 g/mol. The largest absolute Gasteiger partial charge is 0.493 e. The van der Waals surface area contributed by atoms with E-state index in [1.807, 2.05) is 0 Å². The molecule has 5 nitrogen and oxygen atoms in total. The number of hydrogen-bond acceptors (Lipinski definition) is 4. The van der Waals surface area contributed by atoms with Crippen LogP contribution >= 0.6 is 0 Å². The molecular weight excluding hydrogens is 246 g/mol. The molecule has 1 amide bonds. The van der Waals surface area contributed by atoms with Crippen molar-refractivity contribution in [2.24, 2.45) is 0 Å². The molecule has 0 aromatic heterocycles. The molecule has 0 aliphatic heterocycles. The van der Waals surface area contributed by atoms with E-state index in [2.05, 4.69) is 5.32 Å². The lowest BCUT2D eigenvalue weighted by Crippen LogP contribution is -2.20. The summed E-state index contributed by atoms with van der Waals surface area (Å²) in [6.07, 6.45) is 3.16. The van der Waals surface area contributed by atoms with Crippen molar-refractivity contribution in [3.05, 3.63) is 29.8 Å². The van der Waals surface area contributed by atoms with Gasteiger partial charge in [-0.1, -0.05) is 6.08 Å². The minimum atomic E-state index is -0.142. The molecule has 1 rings (SSSR count). The third kappa shape index (κ3) is 3.91. The number of rotatable bonds is 6. The molecule has 0 aliphatic rings. The van der Waals surface area contributed by atoms with Gasteiger partial charge in [0.05, 0.1) is 21.3 Å². The van der Waals surface area contributed by atoms with E-state index >= 15 is 0 Å². The molecule has 0 unspecified atom stereocenters. The first-order valence-corrected chi connectivity index (χ1v) is 5.85. The second-order valence-electron chi connectivity index (χ2n) is 3.75. The van der Waals surface area contributed by atoms with E-state index in [4.69, 9.17) is 14.2 Å². The van der Waals surface area contributed by atoms with Crippen LogP contribution in [0.1, 0.15) is 12.5 Å². The van der Waals surface area contributed by atoms with Crippen LogP contribution in [0.25, 0.3) is 0 Å². The number of benzene rings is 1. The lowest BCUT2D eigenvalue weighted by atomic mass is 10.1. The SMILES string of the molecule is CC=CC(=O)NCc1cc(OC)c(OC)c(OC)c1. The number of allylic oxidation sites excluding steroid dienone is 1. The number of carbonyl (C=O) groups excluding carboxylic acids is 1. The molecule has 0 atom stereocenters. The number of hydrogen-bond donors (Lipinski definition) is 1. The van der Waals surface area contributed by atoms with Crippen LogP contribution in [0.4, 0.5) is 0 Å². The monoisotopic (exact) mass is 265 g/mol. The molecule has 1 aromatic rings. The molecule has 5 heteroatoms. The molecule has 1 N–H and O–H groups in total. The van der Waals surface area contributed by atoms with Gasteiger partial charge >= 0.3 is 0 Å². The van der Waals surface area contributed by atoms with Gasteiger partial charge in [-0.15, -0.1) is 0 Å². The summed E-state index contributed by atoms with van der Waals surface area (Å²) in [5, 5.41) is 2.76. The normalized spacial score (nSPS) is 10.3. The molecule has 0 spiro atoms. The summed E-state index contributed by atoms with van der Waals surface area (Å²) in [5.74, 6) is 1.53. The van der Waals surface area contributed by atoms with Crippen LogP contribution in [0, 0.1) is 0 Å². The van der Waals surface area contributed by atoms with Crippen LogP contribution in [0.2, 0.25) is 0 Å². The van der Waals surface area contributed by atoms with Gasteiger partial charge in [0.15, 0.2) is 11.5 Å². The molecule has 0 aliphatic carbocycles. The van der Waals surface area contributed by atoms with Gasteiger partial charge in [0.25, 0.3) is 0 Å². The van der Waals surface area contributed by atoms with Crippen molar-refractivity contribution in [1.82, 2.24) is 5.32 Å². The van der Waals surface area contributed by atoms with E-state index in [1.54, 1.807) is 46.5 Å². The molecule has 104 valence electrons. The molecule has 0 fully saturated rings. The Balaban J connectivity index is 2.93. The van der Waals surface area contributed by atoms with Crippen molar-refractivity contribution in [2.75, 3.05) is 21.3 Å². The van der Waals surface area contributed by atoms with Crippen molar-refractivity contribution in [2.45, 2.75) is 13.5 Å². The van der Waals surface area contributed by atoms with Crippen LogP contribution in [-0.4, -0.2) is 27.2 Å². The first-order chi connectivity index (χ1) is 9.15. The van der Waals surface area contributed by atoms with Crippen molar-refractivity contribution in [1.29, 1.82) is 0 Å². The predicted octanol–water partition coefficient (Wildman–Crippen LogP) is 1.90. The maximum absolute atomic E-state index is 11.4. The van der Waals surface area contributed by atoms with Gasteiger partial charge in [0.1, 0.15) is 0 Å². The second kappa shape index (κ2) is 7.31. The Hall–Kier alpha value is -2.17. The van der Waals surface area contributed by atoms with Gasteiger partial charge in [-0.05, 0) is 30.7 Å². The third-order valence-electron chi connectivity index (χ3n) is 2.51. The Morgan fingerprint density at radius 1 is 1.16 bits per heavy atom. The van der Waals surface area contributed by atoms with Crippen molar-refractivity contribution in [3.63, 3.8) is 0 Å². The Bertz CT molecular complexity index is 444. The molecule has 1 aromatic carbocycles. The van der Waals surface area contributed by atoms with E-state index in [0.29, 0.717) is 23.8 Å². The number of nitrogens with one attached hydrogen (secondary N) is 1. The summed E-state index contributed by atoms with van der Waals surface area (Å²) in [5.41, 5.74) is 0.868. The smallest absolute Gasteiger partial charge is 0.243 e. The molecule has 0 heterocycles. The van der Waals surface area contributed by atoms with E-state index in [-0.39, 0.29) is 5.91 Å². The Labute approximate surface area is 113 Å². The first-order valence-electron chi connectivity index (χ1n) is 5.85. The van der Waals surface area contributed by atoms with Gasteiger partial charge in [0, 0.05) is 6.54 Å². The predicted molar refractivity (Wildman–Crippen MR) is 72.8 cm³/mol. The number of amides is 1. The summed E-state index contributed by atoms with van der Waals surface area (Å²) in [4.78, 5) is 11.4. The van der Waals surface area contributed by atoms with E-state index in [9.17, 15) is 4.79 Å². The van der Waals surface area contributed by atoms with Gasteiger partial charge in [-0.2, -0.15) is 0 Å². The number of methoxy groups -OCH3 is 3. The van der Waals surface area contributed by atoms with Crippen LogP contribution in [0.15, 0.2) is 24.3 Å². The van der Waals surface area contributed by atoms with E-state index < -0.39 is 0 Å². The lowest BCUT2D eigenvalue weighted by molar-refractivity contribution is -0.116. The second-order valence-corrected chi connectivity index (χ2v) is 3.75. The maximum atomic E-state index is 11.4. The Kier molecular flexibility index (Phi) is 5.73. The first kappa shape index (κ1) is 14.9. The highest BCUT2D eigenvalue weighted by molar-refractivity contribution is 5.87. The maximum Gasteiger partial charge on any atom is 0.243 e. The van der Waals surface area contributed by atoms with Crippen LogP contribution in [0.3, 0.4) is 0 Å². The van der Waals surface area contributed by atoms with Gasteiger partial charge in [0.2, 0.25) is 11.7 Å². The van der Waals surface area contributed by atoms with Crippen molar-refractivity contribution in [3.8, 4) is 17.2 Å². The fourth-order valence-corrected chi connectivity index (χ4v) is 1.64. The molecular formula is C14H19NO4. The molecule has 0 saturated heterocycles. The molecule has 0 saturated carbocycles. The standard InChI is InChI=1S/C14H19NO4/c1-5-6-13(16)15-9-10-7-11(17-2)14(19-4)12(8-10)18-3/h5-8H,9H2,1-4H3,(H,15,16). The third-order valence-corrected chi connectivity index (χ3v) is 2.51. The fourth-order valence-electron chi connectivity index (χ4n) is 1.64. The zero-order valence-electron chi connectivity index (χ0n) is 11.6. The van der Waals surface area contributed by atoms with Crippen molar-refractivity contribution < 1.29 is 19.0 Å². The van der Waals surface area contributed by atoms with Gasteiger partial charge in [-0.3, -0.25) is 4.79 Å². The fraction of sp³-hybridized carbons (Fsp3) is 0.357. The highest BCUT2D eigenvalue weighted by atomic mass is 16.5. The Morgan fingerprint density at radius 2 is 1.74 bits per heavy atom. The van der Waals surface area contributed by atoms with Gasteiger partial charge < -0.3 is 19.5 Å². The summed E-state index contributed by atoms with van der Waals surface area (Å²) in [7, 11) is 4.66. The highest BCUT2D eigenvalue weighted by Crippen LogP contribution is 2.38. The number of ether oxygens (including phenoxy) is 3. The molecule has 0 bridgehead atoms. The minimum absolute atomic E-state index is 0.142. The highest BCUT2D eigenvalue weighted by Gasteiger charge is 2.13. The Morgan fingerprint density at radius 3 is 2.16 bits per heavy atom. The van der Waals surface area contributed by atoms with E-state index in [1.165, 1.54) is 6.08 Å². The van der Waals surface area contributed by atoms with E-state index in [0.717, 1.165) is 5.56 Å². The molecule has 0 radical (unpaired) electrons. The molecule has 19 heavy (non-hydrogen) atoms. The van der Waals surface area contributed by atoms with Gasteiger partial charge in [-0.25, -0.2) is 0 Å². The van der Waals surface area contributed by atoms with Crippen LogP contribution in [0.5, 0.6) is 17.2 Å². The average Bonchev–Trinajstić information content (AvgIpc) is 2.44. The summed E-state index contributed by atoms with van der Waals surface area (Å²) < 4.78 is 15.7. The topological polar surface area (TPSA) is 56.8 Å². The van der Waals surface area contributed by atoms with Crippen LogP contribution < -0.4 is 19.5 Å². The van der Waals surface area contributed by atoms with Crippen molar-refractivity contribution >= 4 is 5.91 Å². The zero-order chi connectivity index (χ0) is 14.3. The minimum Gasteiger partial charge on any atom is -0.493 e. The van der Waals surface area contributed by atoms with Crippen LogP contribution in [-0.2, 0) is 11.3 Å². The number of carbonyl (C=O) groups is 1. The quantitative estimate of drug-likeness (QED) is 0.798. The summed E-state index contributed by atoms with van der Waals surface area (Å²) in [6.45, 7) is 2.18. The lowest BCUT2D eigenvalue weighted by Gasteiger charge is -2.14.